The molecule has 2 heterocycles. The molecule has 1 aliphatic heterocycles. The maximum atomic E-state index is 12.7. The quantitative estimate of drug-likeness (QED) is 0.718. The monoisotopic (exact) mass is 355 g/mol. The maximum Gasteiger partial charge on any atom is 0.258 e. The molecule has 6 nitrogen and oxygen atoms in total. The second-order valence-corrected chi connectivity index (χ2v) is 7.87. The third-order valence-electron chi connectivity index (χ3n) is 4.24. The number of hydrogen-bond acceptors (Lipinski definition) is 5. The van der Waals surface area contributed by atoms with Gasteiger partial charge in [-0.1, -0.05) is 41.6 Å². The molecule has 3 aromatic rings. The van der Waals surface area contributed by atoms with Gasteiger partial charge < -0.3 is 4.52 Å². The Labute approximate surface area is 146 Å². The Hall–Kier alpha value is -2.51. The third-order valence-corrected chi connectivity index (χ3v) is 6.14. The van der Waals surface area contributed by atoms with Gasteiger partial charge in [-0.15, -0.1) is 0 Å². The van der Waals surface area contributed by atoms with Crippen molar-refractivity contribution < 1.29 is 12.9 Å². The lowest BCUT2D eigenvalue weighted by Gasteiger charge is -2.15. The molecule has 1 aliphatic rings. The first-order valence-corrected chi connectivity index (χ1v) is 9.58. The Bertz CT molecular complexity index is 978. The molecule has 25 heavy (non-hydrogen) atoms. The van der Waals surface area contributed by atoms with E-state index in [1.165, 1.54) is 4.31 Å². The van der Waals surface area contributed by atoms with Crippen molar-refractivity contribution in [2.75, 3.05) is 13.1 Å². The van der Waals surface area contributed by atoms with Gasteiger partial charge in [0, 0.05) is 24.2 Å². The fourth-order valence-electron chi connectivity index (χ4n) is 2.91. The molecule has 0 atom stereocenters. The second kappa shape index (κ2) is 6.42. The van der Waals surface area contributed by atoms with Crippen LogP contribution >= 0.6 is 0 Å². The van der Waals surface area contributed by atoms with Crippen LogP contribution in [0, 0.1) is 0 Å². The van der Waals surface area contributed by atoms with Gasteiger partial charge in [0.05, 0.1) is 4.90 Å². The minimum Gasteiger partial charge on any atom is -0.334 e. The van der Waals surface area contributed by atoms with E-state index in [0.29, 0.717) is 30.4 Å². The van der Waals surface area contributed by atoms with Crippen LogP contribution in [0.2, 0.25) is 0 Å². The van der Waals surface area contributed by atoms with Gasteiger partial charge in [0.2, 0.25) is 15.8 Å². The zero-order valence-corrected chi connectivity index (χ0v) is 14.3. The molecule has 0 unspecified atom stereocenters. The molecule has 4 rings (SSSR count). The van der Waals surface area contributed by atoms with Crippen molar-refractivity contribution in [3.05, 3.63) is 54.6 Å². The summed E-state index contributed by atoms with van der Waals surface area (Å²) in [5, 5.41) is 3.99. The number of rotatable bonds is 4. The molecular weight excluding hydrogens is 338 g/mol. The number of benzene rings is 2. The highest BCUT2D eigenvalue weighted by Gasteiger charge is 2.27. The van der Waals surface area contributed by atoms with Crippen LogP contribution in [-0.2, 0) is 10.0 Å². The van der Waals surface area contributed by atoms with Gasteiger partial charge in [-0.05, 0) is 31.0 Å². The first-order chi connectivity index (χ1) is 12.1. The molecule has 0 saturated carbocycles. The van der Waals surface area contributed by atoms with Gasteiger partial charge in [0.25, 0.3) is 5.89 Å². The molecule has 2 aromatic carbocycles. The summed E-state index contributed by atoms with van der Waals surface area (Å²) in [4.78, 5) is 4.64. The number of hydrogen-bond donors (Lipinski definition) is 0. The van der Waals surface area contributed by atoms with Gasteiger partial charge in [0.15, 0.2) is 0 Å². The lowest BCUT2D eigenvalue weighted by molar-refractivity contribution is 0.432. The van der Waals surface area contributed by atoms with E-state index in [2.05, 4.69) is 10.1 Å². The van der Waals surface area contributed by atoms with Gasteiger partial charge in [-0.3, -0.25) is 0 Å². The molecule has 0 radical (unpaired) electrons. The van der Waals surface area contributed by atoms with Crippen LogP contribution in [0.15, 0.2) is 64.0 Å². The van der Waals surface area contributed by atoms with Crippen molar-refractivity contribution in [1.29, 1.82) is 0 Å². The van der Waals surface area contributed by atoms with Gasteiger partial charge in [0.1, 0.15) is 0 Å². The first-order valence-electron chi connectivity index (χ1n) is 8.14. The largest absolute Gasteiger partial charge is 0.334 e. The van der Waals surface area contributed by atoms with Crippen LogP contribution in [0.5, 0.6) is 0 Å². The van der Waals surface area contributed by atoms with E-state index in [1.54, 1.807) is 24.3 Å². The third kappa shape index (κ3) is 3.08. The molecule has 0 bridgehead atoms. The average Bonchev–Trinajstić information content (AvgIpc) is 3.35. The Morgan fingerprint density at radius 3 is 2.40 bits per heavy atom. The van der Waals surface area contributed by atoms with Crippen molar-refractivity contribution in [1.82, 2.24) is 14.4 Å². The summed E-state index contributed by atoms with van der Waals surface area (Å²) >= 11 is 0. The lowest BCUT2D eigenvalue weighted by atomic mass is 10.2. The minimum atomic E-state index is -3.47. The second-order valence-electron chi connectivity index (χ2n) is 5.93. The van der Waals surface area contributed by atoms with E-state index in [9.17, 15) is 8.42 Å². The number of aromatic nitrogens is 2. The summed E-state index contributed by atoms with van der Waals surface area (Å²) in [6.45, 7) is 1.15. The summed E-state index contributed by atoms with van der Waals surface area (Å²) in [6, 6.07) is 16.2. The summed E-state index contributed by atoms with van der Waals surface area (Å²) in [6.07, 6.45) is 1.81. The molecule has 0 aliphatic carbocycles. The summed E-state index contributed by atoms with van der Waals surface area (Å²) in [5.41, 5.74) is 1.44. The van der Waals surface area contributed by atoms with Crippen molar-refractivity contribution in [2.24, 2.45) is 0 Å². The molecule has 0 spiro atoms. The van der Waals surface area contributed by atoms with E-state index in [-0.39, 0.29) is 4.90 Å². The van der Waals surface area contributed by atoms with E-state index in [4.69, 9.17) is 4.52 Å². The molecule has 7 heteroatoms. The highest BCUT2D eigenvalue weighted by molar-refractivity contribution is 7.89. The van der Waals surface area contributed by atoms with E-state index in [0.717, 1.165) is 18.4 Å². The maximum absolute atomic E-state index is 12.7. The zero-order chi connectivity index (χ0) is 17.3. The fourth-order valence-corrected chi connectivity index (χ4v) is 4.48. The molecule has 1 fully saturated rings. The van der Waals surface area contributed by atoms with Crippen LogP contribution in [-0.4, -0.2) is 36.0 Å². The van der Waals surface area contributed by atoms with Crippen LogP contribution in [0.25, 0.3) is 22.8 Å². The SMILES string of the molecule is O=S(=O)(c1cccc(-c2nc(-c3ccccc3)no2)c1)N1CCCC1. The van der Waals surface area contributed by atoms with Crippen LogP contribution < -0.4 is 0 Å². The van der Waals surface area contributed by atoms with Crippen molar-refractivity contribution in [3.8, 4) is 22.8 Å². The number of nitrogens with zero attached hydrogens (tertiary/aromatic N) is 3. The topological polar surface area (TPSA) is 76.3 Å². The first kappa shape index (κ1) is 16.0. The summed E-state index contributed by atoms with van der Waals surface area (Å²) < 4.78 is 32.3. The molecule has 128 valence electrons. The average molecular weight is 355 g/mol. The van der Waals surface area contributed by atoms with Crippen molar-refractivity contribution >= 4 is 10.0 Å². The highest BCUT2D eigenvalue weighted by atomic mass is 32.2. The molecule has 1 saturated heterocycles. The standard InChI is InChI=1S/C18H17N3O3S/c22-25(23,21-11-4-5-12-21)16-10-6-9-15(13-16)18-19-17(20-24-18)14-7-2-1-3-8-14/h1-3,6-10,13H,4-5,11-12H2. The predicted octanol–water partition coefficient (Wildman–Crippen LogP) is 3.19. The van der Waals surface area contributed by atoms with E-state index < -0.39 is 10.0 Å². The summed E-state index contributed by atoms with van der Waals surface area (Å²) in [7, 11) is -3.47. The normalized spacial score (nSPS) is 15.5. The van der Waals surface area contributed by atoms with Gasteiger partial charge >= 0.3 is 0 Å². The van der Waals surface area contributed by atoms with Crippen LogP contribution in [0.1, 0.15) is 12.8 Å². The van der Waals surface area contributed by atoms with Gasteiger partial charge in [-0.2, -0.15) is 9.29 Å². The zero-order valence-electron chi connectivity index (χ0n) is 13.5. The Kier molecular flexibility index (Phi) is 4.10. The molecule has 0 N–H and O–H groups in total. The predicted molar refractivity (Wildman–Crippen MR) is 93.2 cm³/mol. The molecule has 0 amide bonds. The van der Waals surface area contributed by atoms with Gasteiger partial charge in [-0.25, -0.2) is 8.42 Å². The van der Waals surface area contributed by atoms with E-state index >= 15 is 0 Å². The Morgan fingerprint density at radius 1 is 0.920 bits per heavy atom. The minimum absolute atomic E-state index is 0.256. The van der Waals surface area contributed by atoms with Crippen LogP contribution in [0.3, 0.4) is 0 Å². The fraction of sp³-hybridized carbons (Fsp3) is 0.222. The Balaban J connectivity index is 1.67. The van der Waals surface area contributed by atoms with Crippen molar-refractivity contribution in [3.63, 3.8) is 0 Å². The smallest absolute Gasteiger partial charge is 0.258 e. The van der Waals surface area contributed by atoms with Crippen molar-refractivity contribution in [2.45, 2.75) is 17.7 Å². The Morgan fingerprint density at radius 2 is 1.64 bits per heavy atom. The lowest BCUT2D eigenvalue weighted by Crippen LogP contribution is -2.27. The van der Waals surface area contributed by atoms with Crippen LogP contribution in [0.4, 0.5) is 0 Å². The molecular formula is C18H17N3O3S. The number of sulfonamides is 1. The molecule has 1 aromatic heterocycles. The highest BCUT2D eigenvalue weighted by Crippen LogP contribution is 2.26. The van der Waals surface area contributed by atoms with E-state index in [1.807, 2.05) is 30.3 Å². The summed E-state index contributed by atoms with van der Waals surface area (Å²) in [5.74, 6) is 0.778.